The lowest BCUT2D eigenvalue weighted by Crippen LogP contribution is -2.27. The molecule has 1 aromatic carbocycles. The zero-order valence-corrected chi connectivity index (χ0v) is 11.6. The van der Waals surface area contributed by atoms with Gasteiger partial charge in [-0.3, -0.25) is 0 Å². The van der Waals surface area contributed by atoms with E-state index in [9.17, 15) is 4.79 Å². The summed E-state index contributed by atoms with van der Waals surface area (Å²) in [6, 6.07) is 7.24. The van der Waals surface area contributed by atoms with Crippen LogP contribution in [0.2, 0.25) is 0 Å². The number of nitrogens with two attached hydrogens (primary N) is 1. The smallest absolute Gasteiger partial charge is 0.332 e. The molecule has 19 heavy (non-hydrogen) atoms. The molecule has 0 aliphatic heterocycles. The Kier molecular flexibility index (Phi) is 5.85. The van der Waals surface area contributed by atoms with E-state index in [0.29, 0.717) is 0 Å². The summed E-state index contributed by atoms with van der Waals surface area (Å²) in [4.78, 5) is 10.7. The van der Waals surface area contributed by atoms with E-state index in [1.807, 2.05) is 31.2 Å². The van der Waals surface area contributed by atoms with E-state index in [-0.39, 0.29) is 5.92 Å². The molecule has 5 heteroatoms. The van der Waals surface area contributed by atoms with Gasteiger partial charge in [0.1, 0.15) is 5.75 Å². The van der Waals surface area contributed by atoms with Gasteiger partial charge < -0.3 is 10.5 Å². The van der Waals surface area contributed by atoms with Crippen LogP contribution < -0.4 is 15.9 Å². The molecule has 0 saturated carbocycles. The van der Waals surface area contributed by atoms with Gasteiger partial charge in [-0.1, -0.05) is 26.0 Å². The van der Waals surface area contributed by atoms with Crippen molar-refractivity contribution < 1.29 is 9.53 Å². The van der Waals surface area contributed by atoms with Gasteiger partial charge in [0.2, 0.25) is 0 Å². The molecule has 0 aliphatic rings. The lowest BCUT2D eigenvalue weighted by atomic mass is 9.90. The van der Waals surface area contributed by atoms with E-state index in [2.05, 4.69) is 17.5 Å². The van der Waals surface area contributed by atoms with Crippen molar-refractivity contribution in [2.45, 2.75) is 32.6 Å². The third-order valence-corrected chi connectivity index (χ3v) is 3.00. The van der Waals surface area contributed by atoms with Crippen molar-refractivity contribution in [3.05, 3.63) is 29.8 Å². The van der Waals surface area contributed by atoms with Crippen molar-refractivity contribution in [1.82, 2.24) is 5.43 Å². The number of carbonyl (C=O) groups excluding carboxylic acids is 1. The highest BCUT2D eigenvalue weighted by Gasteiger charge is 2.15. The molecule has 0 saturated heterocycles. The lowest BCUT2D eigenvalue weighted by Gasteiger charge is -2.17. The number of hydrogen-bond acceptors (Lipinski definition) is 3. The fraction of sp³-hybridized carbons (Fsp3) is 0.429. The highest BCUT2D eigenvalue weighted by molar-refractivity contribution is 5.91. The summed E-state index contributed by atoms with van der Waals surface area (Å²) in [6.45, 7) is 4.10. The fourth-order valence-corrected chi connectivity index (χ4v) is 2.03. The molecule has 2 amide bonds. The summed E-state index contributed by atoms with van der Waals surface area (Å²) in [6.07, 6.45) is 1.66. The van der Waals surface area contributed by atoms with Gasteiger partial charge in [-0.2, -0.15) is 5.10 Å². The van der Waals surface area contributed by atoms with Crippen molar-refractivity contribution in [2.24, 2.45) is 10.8 Å². The van der Waals surface area contributed by atoms with Gasteiger partial charge in [-0.25, -0.2) is 10.2 Å². The number of nitrogens with one attached hydrogen (secondary N) is 1. The van der Waals surface area contributed by atoms with Crippen molar-refractivity contribution in [3.8, 4) is 5.75 Å². The summed E-state index contributed by atoms with van der Waals surface area (Å²) in [5.41, 5.74) is 9.40. The third kappa shape index (κ3) is 4.28. The molecular formula is C14H21N3O2. The number of primary amides is 1. The van der Waals surface area contributed by atoms with Crippen LogP contribution in [-0.2, 0) is 0 Å². The zero-order valence-electron chi connectivity index (χ0n) is 11.6. The second-order valence-corrected chi connectivity index (χ2v) is 4.17. The van der Waals surface area contributed by atoms with Gasteiger partial charge in [-0.05, 0) is 30.5 Å². The number of benzene rings is 1. The molecule has 0 fully saturated rings. The van der Waals surface area contributed by atoms with E-state index in [4.69, 9.17) is 10.5 Å². The Morgan fingerprint density at radius 3 is 2.42 bits per heavy atom. The Bertz CT molecular complexity index is 441. The molecule has 0 radical (unpaired) electrons. The average Bonchev–Trinajstić information content (AvgIpc) is 2.43. The van der Waals surface area contributed by atoms with E-state index in [1.165, 1.54) is 0 Å². The van der Waals surface area contributed by atoms with Gasteiger partial charge in [0.05, 0.1) is 7.11 Å². The average molecular weight is 263 g/mol. The Balaban J connectivity index is 2.95. The topological polar surface area (TPSA) is 76.7 Å². The van der Waals surface area contributed by atoms with Crippen molar-refractivity contribution in [1.29, 1.82) is 0 Å². The van der Waals surface area contributed by atoms with Gasteiger partial charge in [0, 0.05) is 11.6 Å². The molecule has 0 bridgehead atoms. The van der Waals surface area contributed by atoms with E-state index >= 15 is 0 Å². The predicted octanol–water partition coefficient (Wildman–Crippen LogP) is 2.62. The van der Waals surface area contributed by atoms with Crippen LogP contribution in [0.1, 0.15) is 38.2 Å². The monoisotopic (exact) mass is 263 g/mol. The van der Waals surface area contributed by atoms with Gasteiger partial charge in [0.25, 0.3) is 0 Å². The summed E-state index contributed by atoms with van der Waals surface area (Å²) < 4.78 is 5.14. The molecule has 0 aliphatic carbocycles. The minimum atomic E-state index is -0.643. The maximum Gasteiger partial charge on any atom is 0.332 e. The van der Waals surface area contributed by atoms with Crippen LogP contribution in [0.3, 0.4) is 0 Å². The first-order chi connectivity index (χ1) is 9.12. The first-order valence-corrected chi connectivity index (χ1v) is 6.38. The van der Waals surface area contributed by atoms with Crippen LogP contribution in [-0.4, -0.2) is 18.9 Å². The SMILES string of the molecule is CC/C(=N\NC(N)=O)[C@@H](CC)c1ccc(OC)cc1. The normalized spacial score (nSPS) is 12.9. The fourth-order valence-electron chi connectivity index (χ4n) is 2.03. The van der Waals surface area contributed by atoms with Crippen LogP contribution in [0.4, 0.5) is 4.79 Å². The zero-order chi connectivity index (χ0) is 14.3. The summed E-state index contributed by atoms with van der Waals surface area (Å²) in [5.74, 6) is 0.992. The van der Waals surface area contributed by atoms with E-state index in [1.54, 1.807) is 7.11 Å². The van der Waals surface area contributed by atoms with Crippen molar-refractivity contribution in [3.63, 3.8) is 0 Å². The van der Waals surface area contributed by atoms with Crippen LogP contribution in [0.15, 0.2) is 29.4 Å². The lowest BCUT2D eigenvalue weighted by molar-refractivity contribution is 0.249. The molecule has 1 aromatic rings. The number of hydrazone groups is 1. The molecule has 3 N–H and O–H groups in total. The highest BCUT2D eigenvalue weighted by Crippen LogP contribution is 2.24. The number of urea groups is 1. The molecular weight excluding hydrogens is 242 g/mol. The minimum absolute atomic E-state index is 0.169. The summed E-state index contributed by atoms with van der Waals surface area (Å²) >= 11 is 0. The van der Waals surface area contributed by atoms with Crippen LogP contribution in [0.25, 0.3) is 0 Å². The molecule has 0 spiro atoms. The molecule has 104 valence electrons. The first-order valence-electron chi connectivity index (χ1n) is 6.38. The Morgan fingerprint density at radius 2 is 2.00 bits per heavy atom. The number of methoxy groups -OCH3 is 1. The Labute approximate surface area is 113 Å². The maximum absolute atomic E-state index is 10.7. The maximum atomic E-state index is 10.7. The van der Waals surface area contributed by atoms with Crippen LogP contribution >= 0.6 is 0 Å². The second kappa shape index (κ2) is 7.41. The largest absolute Gasteiger partial charge is 0.497 e. The second-order valence-electron chi connectivity index (χ2n) is 4.17. The molecule has 5 nitrogen and oxygen atoms in total. The van der Waals surface area contributed by atoms with Crippen LogP contribution in [0.5, 0.6) is 5.75 Å². The van der Waals surface area contributed by atoms with Gasteiger partial charge >= 0.3 is 6.03 Å². The number of hydrogen-bond donors (Lipinski definition) is 2. The number of nitrogens with zero attached hydrogens (tertiary/aromatic N) is 1. The molecule has 1 rings (SSSR count). The van der Waals surface area contributed by atoms with E-state index in [0.717, 1.165) is 29.9 Å². The summed E-state index contributed by atoms with van der Waals surface area (Å²) in [7, 11) is 1.64. The van der Waals surface area contributed by atoms with Gasteiger partial charge in [-0.15, -0.1) is 0 Å². The van der Waals surface area contributed by atoms with Crippen LogP contribution in [0, 0.1) is 0 Å². The molecule has 0 aromatic heterocycles. The minimum Gasteiger partial charge on any atom is -0.497 e. The molecule has 0 heterocycles. The number of carbonyl (C=O) groups is 1. The number of rotatable bonds is 6. The Morgan fingerprint density at radius 1 is 1.37 bits per heavy atom. The first kappa shape index (κ1) is 15.0. The highest BCUT2D eigenvalue weighted by atomic mass is 16.5. The molecule has 0 unspecified atom stereocenters. The predicted molar refractivity (Wildman–Crippen MR) is 76.5 cm³/mol. The number of ether oxygens (including phenoxy) is 1. The summed E-state index contributed by atoms with van der Waals surface area (Å²) in [5, 5.41) is 4.09. The van der Waals surface area contributed by atoms with Gasteiger partial charge in [0.15, 0.2) is 0 Å². The van der Waals surface area contributed by atoms with E-state index < -0.39 is 6.03 Å². The molecule has 1 atom stereocenters. The standard InChI is InChI=1S/C14H21N3O2/c1-4-12(13(5-2)16-17-14(15)18)10-6-8-11(19-3)9-7-10/h6-9,12H,4-5H2,1-3H3,(H3,15,17,18)/b16-13+/t12-/m0/s1. The third-order valence-electron chi connectivity index (χ3n) is 3.00. The number of amides is 2. The quantitative estimate of drug-likeness (QED) is 0.611. The Hall–Kier alpha value is -2.04. The van der Waals surface area contributed by atoms with Crippen molar-refractivity contribution >= 4 is 11.7 Å². The van der Waals surface area contributed by atoms with Crippen molar-refractivity contribution in [2.75, 3.05) is 7.11 Å².